The fourth-order valence-corrected chi connectivity index (χ4v) is 4.08. The second-order valence-corrected chi connectivity index (χ2v) is 7.80. The Bertz CT molecular complexity index is 1070. The predicted molar refractivity (Wildman–Crippen MR) is 118 cm³/mol. The number of rotatable bonds is 4. The van der Waals surface area contributed by atoms with E-state index in [1.165, 1.54) is 6.07 Å². The van der Waals surface area contributed by atoms with Gasteiger partial charge in [0, 0.05) is 22.3 Å². The van der Waals surface area contributed by atoms with Gasteiger partial charge in [-0.15, -0.1) is 0 Å². The molecule has 30 heavy (non-hydrogen) atoms. The van der Waals surface area contributed by atoms with Crippen molar-refractivity contribution in [2.45, 2.75) is 25.4 Å². The lowest BCUT2D eigenvalue weighted by Crippen LogP contribution is -2.44. The zero-order chi connectivity index (χ0) is 21.3. The average Bonchev–Trinajstić information content (AvgIpc) is 2.75. The van der Waals surface area contributed by atoms with Gasteiger partial charge in [-0.1, -0.05) is 29.8 Å². The van der Waals surface area contributed by atoms with Crippen molar-refractivity contribution in [3.8, 4) is 5.75 Å². The van der Waals surface area contributed by atoms with E-state index >= 15 is 0 Å². The van der Waals surface area contributed by atoms with Gasteiger partial charge in [0.05, 0.1) is 18.8 Å². The van der Waals surface area contributed by atoms with Gasteiger partial charge in [-0.3, -0.25) is 4.79 Å². The minimum absolute atomic E-state index is 0.0753. The lowest BCUT2D eigenvalue weighted by atomic mass is 9.90. The third-order valence-corrected chi connectivity index (χ3v) is 5.64. The van der Waals surface area contributed by atoms with Crippen molar-refractivity contribution in [2.75, 3.05) is 17.3 Å². The van der Waals surface area contributed by atoms with Crippen molar-refractivity contribution in [1.29, 1.82) is 0 Å². The number of benzene rings is 3. The Morgan fingerprint density at radius 1 is 1.13 bits per heavy atom. The number of anilines is 2. The van der Waals surface area contributed by atoms with Crippen LogP contribution in [0, 0.1) is 5.82 Å². The van der Waals surface area contributed by atoms with E-state index in [2.05, 4.69) is 5.32 Å². The van der Waals surface area contributed by atoms with Crippen LogP contribution in [0.4, 0.5) is 15.8 Å². The Labute approximate surface area is 180 Å². The standard InChI is InChI=1S/C24H22ClFN2O2/c1-15-13-22(27-21-12-9-17(25)14-20(21)26)19-5-3-4-6-23(19)28(15)24(29)16-7-10-18(30-2)11-8-16/h3-12,14-15,22,27H,13H2,1-2H3. The van der Waals surface area contributed by atoms with E-state index in [1.807, 2.05) is 36.1 Å². The monoisotopic (exact) mass is 424 g/mol. The van der Waals surface area contributed by atoms with Crippen LogP contribution in [0.1, 0.15) is 35.3 Å². The van der Waals surface area contributed by atoms with E-state index in [4.69, 9.17) is 16.3 Å². The Hall–Kier alpha value is -3.05. The molecule has 0 spiro atoms. The van der Waals surface area contributed by atoms with Crippen molar-refractivity contribution >= 4 is 28.9 Å². The van der Waals surface area contributed by atoms with E-state index in [0.717, 1.165) is 11.3 Å². The van der Waals surface area contributed by atoms with Crippen molar-refractivity contribution in [3.05, 3.63) is 88.7 Å². The van der Waals surface area contributed by atoms with Crippen molar-refractivity contribution in [2.24, 2.45) is 0 Å². The van der Waals surface area contributed by atoms with Gasteiger partial charge in [0.2, 0.25) is 0 Å². The molecule has 0 aromatic heterocycles. The fraction of sp³-hybridized carbons (Fsp3) is 0.208. The number of hydrogen-bond acceptors (Lipinski definition) is 3. The van der Waals surface area contributed by atoms with Crippen LogP contribution in [0.25, 0.3) is 0 Å². The van der Waals surface area contributed by atoms with Gasteiger partial charge in [-0.05, 0) is 67.4 Å². The number of amides is 1. The summed E-state index contributed by atoms with van der Waals surface area (Å²) in [5, 5.41) is 3.64. The molecule has 6 heteroatoms. The first-order valence-electron chi connectivity index (χ1n) is 9.76. The number of ether oxygens (including phenoxy) is 1. The van der Waals surface area contributed by atoms with Crippen molar-refractivity contribution in [3.63, 3.8) is 0 Å². The summed E-state index contributed by atoms with van der Waals surface area (Å²) in [5.74, 6) is 0.228. The molecule has 0 saturated carbocycles. The topological polar surface area (TPSA) is 41.6 Å². The van der Waals surface area contributed by atoms with Crippen LogP contribution in [-0.4, -0.2) is 19.1 Å². The Kier molecular flexibility index (Phi) is 5.64. The van der Waals surface area contributed by atoms with E-state index in [1.54, 1.807) is 43.5 Å². The molecule has 0 fully saturated rings. The summed E-state index contributed by atoms with van der Waals surface area (Å²) in [6, 6.07) is 19.2. The van der Waals surface area contributed by atoms with Crippen LogP contribution < -0.4 is 15.0 Å². The molecule has 0 bridgehead atoms. The minimum atomic E-state index is -0.399. The minimum Gasteiger partial charge on any atom is -0.497 e. The summed E-state index contributed by atoms with van der Waals surface area (Å²) in [6.07, 6.45) is 0.640. The highest BCUT2D eigenvalue weighted by Gasteiger charge is 2.34. The van der Waals surface area contributed by atoms with Gasteiger partial charge in [0.25, 0.3) is 5.91 Å². The SMILES string of the molecule is COc1ccc(C(=O)N2c3ccccc3C(Nc3ccc(Cl)cc3F)CC2C)cc1. The molecule has 1 heterocycles. The molecule has 154 valence electrons. The average molecular weight is 425 g/mol. The lowest BCUT2D eigenvalue weighted by molar-refractivity contribution is 0.0974. The molecule has 1 N–H and O–H groups in total. The molecule has 3 aromatic rings. The van der Waals surface area contributed by atoms with Gasteiger partial charge in [0.1, 0.15) is 11.6 Å². The summed E-state index contributed by atoms with van der Waals surface area (Å²) in [5.41, 5.74) is 2.75. The Morgan fingerprint density at radius 3 is 2.57 bits per heavy atom. The molecule has 0 aliphatic carbocycles. The predicted octanol–water partition coefficient (Wildman–Crippen LogP) is 6.08. The van der Waals surface area contributed by atoms with E-state index in [9.17, 15) is 9.18 Å². The third kappa shape index (κ3) is 3.85. The number of halogens is 2. The maximum Gasteiger partial charge on any atom is 0.258 e. The number of nitrogens with zero attached hydrogens (tertiary/aromatic N) is 1. The first-order chi connectivity index (χ1) is 14.5. The molecule has 0 saturated heterocycles. The van der Waals surface area contributed by atoms with Crippen LogP contribution in [-0.2, 0) is 0 Å². The zero-order valence-electron chi connectivity index (χ0n) is 16.7. The molecule has 2 atom stereocenters. The normalized spacial score (nSPS) is 17.9. The number of nitrogens with one attached hydrogen (secondary N) is 1. The van der Waals surface area contributed by atoms with Crippen LogP contribution in [0.15, 0.2) is 66.7 Å². The quantitative estimate of drug-likeness (QED) is 0.551. The summed E-state index contributed by atoms with van der Waals surface area (Å²) < 4.78 is 19.5. The highest BCUT2D eigenvalue weighted by atomic mass is 35.5. The number of carbonyl (C=O) groups excluding carboxylic acids is 1. The van der Waals surface area contributed by atoms with Gasteiger partial charge in [0.15, 0.2) is 0 Å². The Morgan fingerprint density at radius 2 is 1.87 bits per heavy atom. The first-order valence-corrected chi connectivity index (χ1v) is 10.1. The maximum atomic E-state index is 14.3. The lowest BCUT2D eigenvalue weighted by Gasteiger charge is -2.40. The van der Waals surface area contributed by atoms with E-state index < -0.39 is 5.82 Å². The number of methoxy groups -OCH3 is 1. The molecular formula is C24H22ClFN2O2. The van der Waals surface area contributed by atoms with Crippen molar-refractivity contribution in [1.82, 2.24) is 0 Å². The summed E-state index contributed by atoms with van der Waals surface area (Å²) >= 11 is 5.88. The molecular weight excluding hydrogens is 403 g/mol. The number of para-hydroxylation sites is 1. The van der Waals surface area contributed by atoms with Gasteiger partial charge in [-0.25, -0.2) is 4.39 Å². The molecule has 3 aromatic carbocycles. The molecule has 2 unspecified atom stereocenters. The van der Waals surface area contributed by atoms with Crippen LogP contribution >= 0.6 is 11.6 Å². The summed E-state index contributed by atoms with van der Waals surface area (Å²) in [6.45, 7) is 2.00. The van der Waals surface area contributed by atoms with E-state index in [0.29, 0.717) is 28.4 Å². The van der Waals surface area contributed by atoms with Gasteiger partial charge < -0.3 is 15.0 Å². The second-order valence-electron chi connectivity index (χ2n) is 7.37. The number of hydrogen-bond donors (Lipinski definition) is 1. The van der Waals surface area contributed by atoms with Crippen LogP contribution in [0.3, 0.4) is 0 Å². The van der Waals surface area contributed by atoms with Gasteiger partial charge in [-0.2, -0.15) is 0 Å². The third-order valence-electron chi connectivity index (χ3n) is 5.41. The Balaban J connectivity index is 1.66. The summed E-state index contributed by atoms with van der Waals surface area (Å²) in [4.78, 5) is 15.1. The largest absolute Gasteiger partial charge is 0.497 e. The number of carbonyl (C=O) groups is 1. The molecule has 4 rings (SSSR count). The molecule has 4 nitrogen and oxygen atoms in total. The van der Waals surface area contributed by atoms with Crippen LogP contribution in [0.2, 0.25) is 5.02 Å². The molecule has 1 aliphatic heterocycles. The molecule has 0 radical (unpaired) electrons. The summed E-state index contributed by atoms with van der Waals surface area (Å²) in [7, 11) is 1.59. The fourth-order valence-electron chi connectivity index (χ4n) is 3.93. The van der Waals surface area contributed by atoms with E-state index in [-0.39, 0.29) is 18.0 Å². The highest BCUT2D eigenvalue weighted by molar-refractivity contribution is 6.30. The smallest absolute Gasteiger partial charge is 0.258 e. The van der Waals surface area contributed by atoms with Gasteiger partial charge >= 0.3 is 0 Å². The van der Waals surface area contributed by atoms with Crippen LogP contribution in [0.5, 0.6) is 5.75 Å². The zero-order valence-corrected chi connectivity index (χ0v) is 17.5. The second kappa shape index (κ2) is 8.36. The van der Waals surface area contributed by atoms with Crippen molar-refractivity contribution < 1.29 is 13.9 Å². The number of fused-ring (bicyclic) bond motifs is 1. The first kappa shape index (κ1) is 20.2. The highest BCUT2D eigenvalue weighted by Crippen LogP contribution is 2.40. The molecule has 1 aliphatic rings. The maximum absolute atomic E-state index is 14.3. The molecule has 1 amide bonds.